The van der Waals surface area contributed by atoms with Gasteiger partial charge in [0.2, 0.25) is 0 Å². The maximum absolute atomic E-state index is 12.3. The highest BCUT2D eigenvalue weighted by Crippen LogP contribution is 2.30. The van der Waals surface area contributed by atoms with Crippen molar-refractivity contribution in [1.82, 2.24) is 0 Å². The quantitative estimate of drug-likeness (QED) is 0.657. The molecule has 1 saturated heterocycles. The number of hydrogen-bond acceptors (Lipinski definition) is 5. The molecule has 7 heteroatoms. The molecule has 4 nitrogen and oxygen atoms in total. The molecule has 2 aromatic carbocycles. The summed E-state index contributed by atoms with van der Waals surface area (Å²) in [5.74, 6) is 0.0296. The minimum Gasteiger partial charge on any atom is -0.461 e. The van der Waals surface area contributed by atoms with Crippen molar-refractivity contribution < 1.29 is 19.1 Å². The first kappa shape index (κ1) is 19.1. The first-order valence-corrected chi connectivity index (χ1v) is 9.84. The molecule has 26 heavy (non-hydrogen) atoms. The number of carbonyl (C=O) groups excluding carboxylic acids is 2. The van der Waals surface area contributed by atoms with Gasteiger partial charge < -0.3 is 9.47 Å². The van der Waals surface area contributed by atoms with E-state index in [1.54, 1.807) is 60.3 Å². The van der Waals surface area contributed by atoms with E-state index in [1.165, 1.54) is 0 Å². The van der Waals surface area contributed by atoms with E-state index in [0.29, 0.717) is 21.2 Å². The van der Waals surface area contributed by atoms with Crippen molar-refractivity contribution in [3.63, 3.8) is 0 Å². The summed E-state index contributed by atoms with van der Waals surface area (Å²) in [6.07, 6.45) is 0.439. The van der Waals surface area contributed by atoms with Gasteiger partial charge in [-0.15, -0.1) is 0 Å². The summed E-state index contributed by atoms with van der Waals surface area (Å²) in [6.45, 7) is 0.185. The summed E-state index contributed by atoms with van der Waals surface area (Å²) in [5.41, 5.74) is 0.885. The largest absolute Gasteiger partial charge is 0.461 e. The third kappa shape index (κ3) is 4.93. The van der Waals surface area contributed by atoms with Gasteiger partial charge in [-0.05, 0) is 60.7 Å². The van der Waals surface area contributed by atoms with E-state index in [4.69, 9.17) is 32.7 Å². The van der Waals surface area contributed by atoms with Crippen molar-refractivity contribution in [1.29, 1.82) is 0 Å². The zero-order chi connectivity index (χ0) is 18.5. The molecule has 1 fully saturated rings. The SMILES string of the molecule is O=C(OC[C@@H]1SCC[C@@H]1OC(=O)c1ccc(Cl)cc1)c1ccc(Cl)cc1. The van der Waals surface area contributed by atoms with E-state index >= 15 is 0 Å². The second-order valence-corrected chi connectivity index (χ2v) is 7.97. The van der Waals surface area contributed by atoms with Crippen LogP contribution in [0.1, 0.15) is 27.1 Å². The van der Waals surface area contributed by atoms with Crippen LogP contribution < -0.4 is 0 Å². The van der Waals surface area contributed by atoms with E-state index < -0.39 is 11.9 Å². The number of carbonyl (C=O) groups is 2. The van der Waals surface area contributed by atoms with Crippen LogP contribution in [-0.2, 0) is 9.47 Å². The van der Waals surface area contributed by atoms with Crippen molar-refractivity contribution in [3.05, 3.63) is 69.7 Å². The Bertz CT molecular complexity index is 777. The van der Waals surface area contributed by atoms with Gasteiger partial charge in [0.05, 0.1) is 16.4 Å². The zero-order valence-electron chi connectivity index (χ0n) is 13.7. The van der Waals surface area contributed by atoms with Gasteiger partial charge >= 0.3 is 11.9 Å². The summed E-state index contributed by atoms with van der Waals surface area (Å²) in [6, 6.07) is 13.1. The van der Waals surface area contributed by atoms with Crippen molar-refractivity contribution in [3.8, 4) is 0 Å². The smallest absolute Gasteiger partial charge is 0.338 e. The Hall–Kier alpha value is -1.69. The number of rotatable bonds is 5. The van der Waals surface area contributed by atoms with Crippen LogP contribution in [0.3, 0.4) is 0 Å². The number of thioether (sulfide) groups is 1. The Labute approximate surface area is 165 Å². The minimum absolute atomic E-state index is 0.0810. The van der Waals surface area contributed by atoms with E-state index in [-0.39, 0.29) is 18.0 Å². The maximum Gasteiger partial charge on any atom is 0.338 e. The number of hydrogen-bond donors (Lipinski definition) is 0. The van der Waals surface area contributed by atoms with Gasteiger partial charge in [-0.2, -0.15) is 11.8 Å². The Balaban J connectivity index is 1.54. The van der Waals surface area contributed by atoms with Crippen molar-refractivity contribution in [2.24, 2.45) is 0 Å². The lowest BCUT2D eigenvalue weighted by Gasteiger charge is -2.19. The Morgan fingerprint density at radius 2 is 1.46 bits per heavy atom. The molecule has 0 N–H and O–H groups in total. The number of halogens is 2. The Morgan fingerprint density at radius 3 is 2.04 bits per heavy atom. The lowest BCUT2D eigenvalue weighted by molar-refractivity contribution is 0.0221. The number of esters is 2. The molecular formula is C19H16Cl2O4S. The van der Waals surface area contributed by atoms with Crippen LogP contribution >= 0.6 is 35.0 Å². The molecule has 0 bridgehead atoms. The predicted octanol–water partition coefficient (Wildman–Crippen LogP) is 4.88. The monoisotopic (exact) mass is 410 g/mol. The summed E-state index contributed by atoms with van der Waals surface area (Å²) >= 11 is 13.3. The normalized spacial score (nSPS) is 19.2. The average molecular weight is 411 g/mol. The van der Waals surface area contributed by atoms with Gasteiger partial charge in [-0.1, -0.05) is 23.2 Å². The molecular weight excluding hydrogens is 395 g/mol. The summed E-state index contributed by atoms with van der Waals surface area (Å²) < 4.78 is 11.0. The molecule has 0 saturated carbocycles. The highest BCUT2D eigenvalue weighted by Gasteiger charge is 2.32. The Morgan fingerprint density at radius 1 is 0.923 bits per heavy atom. The Kier molecular flexibility index (Phi) is 6.46. The fourth-order valence-electron chi connectivity index (χ4n) is 2.54. The zero-order valence-corrected chi connectivity index (χ0v) is 16.0. The van der Waals surface area contributed by atoms with Gasteiger partial charge in [-0.3, -0.25) is 0 Å². The molecule has 2 atom stereocenters. The van der Waals surface area contributed by atoms with E-state index in [2.05, 4.69) is 0 Å². The highest BCUT2D eigenvalue weighted by molar-refractivity contribution is 8.00. The highest BCUT2D eigenvalue weighted by atomic mass is 35.5. The third-order valence-electron chi connectivity index (χ3n) is 3.95. The van der Waals surface area contributed by atoms with Crippen LogP contribution in [0.2, 0.25) is 10.0 Å². The van der Waals surface area contributed by atoms with Gasteiger partial charge in [0.1, 0.15) is 12.7 Å². The van der Waals surface area contributed by atoms with Crippen LogP contribution in [0.15, 0.2) is 48.5 Å². The van der Waals surface area contributed by atoms with E-state index in [0.717, 1.165) is 12.2 Å². The van der Waals surface area contributed by atoms with Gasteiger partial charge in [0.25, 0.3) is 0 Å². The minimum atomic E-state index is -0.419. The topological polar surface area (TPSA) is 52.6 Å². The molecule has 136 valence electrons. The molecule has 0 aliphatic carbocycles. The fourth-order valence-corrected chi connectivity index (χ4v) is 4.03. The first-order chi connectivity index (χ1) is 12.5. The van der Waals surface area contributed by atoms with Crippen LogP contribution in [0.5, 0.6) is 0 Å². The van der Waals surface area contributed by atoms with Gasteiger partial charge in [0.15, 0.2) is 0 Å². The molecule has 0 unspecified atom stereocenters. The van der Waals surface area contributed by atoms with E-state index in [1.807, 2.05) is 0 Å². The van der Waals surface area contributed by atoms with Gasteiger partial charge in [-0.25, -0.2) is 9.59 Å². The average Bonchev–Trinajstić information content (AvgIpc) is 3.08. The first-order valence-electron chi connectivity index (χ1n) is 8.04. The molecule has 1 heterocycles. The number of ether oxygens (including phenoxy) is 2. The van der Waals surface area contributed by atoms with Gasteiger partial charge in [0, 0.05) is 10.0 Å². The maximum atomic E-state index is 12.3. The summed E-state index contributed by atoms with van der Waals surface area (Å²) in [7, 11) is 0. The molecule has 1 aliphatic rings. The van der Waals surface area contributed by atoms with Crippen LogP contribution in [-0.4, -0.2) is 35.7 Å². The molecule has 3 rings (SSSR count). The summed E-state index contributed by atoms with van der Waals surface area (Å²) in [4.78, 5) is 24.4. The molecule has 0 spiro atoms. The van der Waals surface area contributed by atoms with Crippen LogP contribution in [0.4, 0.5) is 0 Å². The lowest BCUT2D eigenvalue weighted by Crippen LogP contribution is -2.29. The van der Waals surface area contributed by atoms with Crippen molar-refractivity contribution in [2.75, 3.05) is 12.4 Å². The van der Waals surface area contributed by atoms with Crippen molar-refractivity contribution in [2.45, 2.75) is 17.8 Å². The van der Waals surface area contributed by atoms with Crippen LogP contribution in [0.25, 0.3) is 0 Å². The fraction of sp³-hybridized carbons (Fsp3) is 0.263. The molecule has 0 amide bonds. The standard InChI is InChI=1S/C19H16Cl2O4S/c20-14-5-1-12(2-6-14)18(22)24-11-17-16(9-10-26-17)25-19(23)13-3-7-15(21)8-4-13/h1-8,16-17H,9-11H2/t16-,17-/m0/s1. The second-order valence-electron chi connectivity index (χ2n) is 5.75. The second kappa shape index (κ2) is 8.80. The number of benzene rings is 2. The third-order valence-corrected chi connectivity index (χ3v) is 5.79. The molecule has 0 radical (unpaired) electrons. The van der Waals surface area contributed by atoms with Crippen molar-refractivity contribution >= 4 is 46.9 Å². The molecule has 0 aromatic heterocycles. The molecule has 2 aromatic rings. The summed E-state index contributed by atoms with van der Waals surface area (Å²) in [5, 5.41) is 1.04. The predicted molar refractivity (Wildman–Crippen MR) is 103 cm³/mol. The van der Waals surface area contributed by atoms with Crippen LogP contribution in [0, 0.1) is 0 Å². The lowest BCUT2D eigenvalue weighted by atomic mass is 10.2. The molecule has 1 aliphatic heterocycles. The van der Waals surface area contributed by atoms with E-state index in [9.17, 15) is 9.59 Å².